The number of benzene rings is 3. The molecule has 3 nitrogen and oxygen atoms in total. The summed E-state index contributed by atoms with van der Waals surface area (Å²) in [5.41, 5.74) is 3.86. The third-order valence-corrected chi connectivity index (χ3v) is 6.06. The topological polar surface area (TPSA) is 42.0 Å². The van der Waals surface area contributed by atoms with Gasteiger partial charge in [-0.3, -0.25) is 4.79 Å². The summed E-state index contributed by atoms with van der Waals surface area (Å²) in [6.07, 6.45) is 1.02. The summed E-state index contributed by atoms with van der Waals surface area (Å²) in [6, 6.07) is 28.1. The van der Waals surface area contributed by atoms with Crippen molar-refractivity contribution in [3.8, 4) is 0 Å². The predicted molar refractivity (Wildman–Crippen MR) is 124 cm³/mol. The second-order valence-electron chi connectivity index (χ2n) is 7.23. The molecule has 0 fully saturated rings. The van der Waals surface area contributed by atoms with Gasteiger partial charge in [0.05, 0.1) is 17.1 Å². The van der Waals surface area contributed by atoms with E-state index in [-0.39, 0.29) is 11.9 Å². The van der Waals surface area contributed by atoms with Crippen molar-refractivity contribution in [3.63, 3.8) is 0 Å². The minimum Gasteiger partial charge on any atom is -0.345 e. The minimum absolute atomic E-state index is 0.0803. The van der Waals surface area contributed by atoms with Crippen LogP contribution in [0.3, 0.4) is 0 Å². The summed E-state index contributed by atoms with van der Waals surface area (Å²) in [5.74, 6) is -0.0897. The second-order valence-corrected chi connectivity index (χ2v) is 8.32. The van der Waals surface area contributed by atoms with Crippen molar-refractivity contribution in [1.29, 1.82) is 0 Å². The lowest BCUT2D eigenvalue weighted by Crippen LogP contribution is -2.27. The third kappa shape index (κ3) is 4.55. The monoisotopic (exact) mass is 412 g/mol. The molecule has 1 heterocycles. The first-order chi connectivity index (χ1) is 14.6. The van der Waals surface area contributed by atoms with Gasteiger partial charge >= 0.3 is 0 Å². The number of rotatable bonds is 6. The van der Waals surface area contributed by atoms with Crippen LogP contribution in [0.4, 0.5) is 0 Å². The summed E-state index contributed by atoms with van der Waals surface area (Å²) in [6.45, 7) is 4.15. The molecular formula is C26H24N2OS. The molecule has 0 aliphatic carbocycles. The van der Waals surface area contributed by atoms with Crippen LogP contribution < -0.4 is 5.32 Å². The number of nitrogens with one attached hydrogen (secondary N) is 1. The quantitative estimate of drug-likeness (QED) is 0.396. The standard InChI is InChI=1S/C26H24N2OS/c1-3-19-13-15-21(16-14-19)30-25-17-23(22-11-7-8-12-24(22)28-25)26(29)27-18(2)20-9-5-4-6-10-20/h4-18H,3H2,1-2H3,(H,27,29)/t18-/m1/s1. The molecule has 0 spiro atoms. The predicted octanol–water partition coefficient (Wildman–Crippen LogP) is 6.44. The van der Waals surface area contributed by atoms with Crippen molar-refractivity contribution in [2.24, 2.45) is 0 Å². The smallest absolute Gasteiger partial charge is 0.252 e. The fourth-order valence-corrected chi connectivity index (χ4v) is 4.24. The number of nitrogens with zero attached hydrogens (tertiary/aromatic N) is 1. The molecule has 0 radical (unpaired) electrons. The molecule has 1 amide bonds. The van der Waals surface area contributed by atoms with Gasteiger partial charge in [0.1, 0.15) is 5.03 Å². The van der Waals surface area contributed by atoms with Crippen LogP contribution in [0, 0.1) is 0 Å². The van der Waals surface area contributed by atoms with Gasteiger partial charge in [0.15, 0.2) is 0 Å². The Morgan fingerprint density at radius 2 is 1.67 bits per heavy atom. The Labute approximate surface area is 181 Å². The number of aryl methyl sites for hydroxylation is 1. The highest BCUT2D eigenvalue weighted by Gasteiger charge is 2.16. The SMILES string of the molecule is CCc1ccc(Sc2cc(C(=O)N[C@H](C)c3ccccc3)c3ccccc3n2)cc1. The van der Waals surface area contributed by atoms with E-state index in [1.807, 2.05) is 67.6 Å². The van der Waals surface area contributed by atoms with Crippen molar-refractivity contribution in [3.05, 3.63) is 102 Å². The molecule has 4 aromatic rings. The molecule has 0 saturated carbocycles. The van der Waals surface area contributed by atoms with Gasteiger partial charge in [-0.25, -0.2) is 4.98 Å². The van der Waals surface area contributed by atoms with Crippen molar-refractivity contribution < 1.29 is 4.79 Å². The highest BCUT2D eigenvalue weighted by molar-refractivity contribution is 7.99. The molecule has 4 rings (SSSR count). The number of fused-ring (bicyclic) bond motifs is 1. The van der Waals surface area contributed by atoms with Gasteiger partial charge in [-0.2, -0.15) is 0 Å². The van der Waals surface area contributed by atoms with Crippen LogP contribution in [0.1, 0.15) is 41.4 Å². The Hall–Kier alpha value is -3.11. The lowest BCUT2D eigenvalue weighted by atomic mass is 10.1. The molecule has 0 aliphatic rings. The maximum atomic E-state index is 13.2. The van der Waals surface area contributed by atoms with E-state index in [9.17, 15) is 4.79 Å². The largest absolute Gasteiger partial charge is 0.345 e. The summed E-state index contributed by atoms with van der Waals surface area (Å²) >= 11 is 1.58. The van der Waals surface area contributed by atoms with Gasteiger partial charge in [-0.1, -0.05) is 79.3 Å². The average molecular weight is 413 g/mol. The number of amides is 1. The Morgan fingerprint density at radius 3 is 2.40 bits per heavy atom. The number of hydrogen-bond donors (Lipinski definition) is 1. The van der Waals surface area contributed by atoms with E-state index in [0.29, 0.717) is 5.56 Å². The number of hydrogen-bond acceptors (Lipinski definition) is 3. The van der Waals surface area contributed by atoms with Crippen molar-refractivity contribution in [1.82, 2.24) is 10.3 Å². The summed E-state index contributed by atoms with van der Waals surface area (Å²) < 4.78 is 0. The van der Waals surface area contributed by atoms with Crippen molar-refractivity contribution in [2.75, 3.05) is 0 Å². The van der Waals surface area contributed by atoms with E-state index in [1.54, 1.807) is 11.8 Å². The Bertz CT molecular complexity index is 1160. The van der Waals surface area contributed by atoms with Crippen molar-refractivity contribution in [2.45, 2.75) is 36.2 Å². The summed E-state index contributed by atoms with van der Waals surface area (Å²) in [5, 5.41) is 4.81. The van der Waals surface area contributed by atoms with E-state index in [4.69, 9.17) is 4.98 Å². The first kappa shape index (κ1) is 20.2. The van der Waals surface area contributed by atoms with Gasteiger partial charge < -0.3 is 5.32 Å². The number of pyridine rings is 1. The van der Waals surface area contributed by atoms with E-state index in [0.717, 1.165) is 32.8 Å². The first-order valence-corrected chi connectivity index (χ1v) is 11.0. The van der Waals surface area contributed by atoms with Gasteiger partial charge in [-0.05, 0) is 48.7 Å². The van der Waals surface area contributed by atoms with Crippen LogP contribution in [0.5, 0.6) is 0 Å². The normalized spacial score (nSPS) is 11.9. The number of para-hydroxylation sites is 1. The molecule has 150 valence electrons. The maximum absolute atomic E-state index is 13.2. The molecule has 30 heavy (non-hydrogen) atoms. The molecule has 1 aromatic heterocycles. The van der Waals surface area contributed by atoms with E-state index in [1.165, 1.54) is 5.56 Å². The summed E-state index contributed by atoms with van der Waals surface area (Å²) in [7, 11) is 0. The lowest BCUT2D eigenvalue weighted by Gasteiger charge is -2.16. The molecule has 1 N–H and O–H groups in total. The zero-order valence-corrected chi connectivity index (χ0v) is 17.9. The van der Waals surface area contributed by atoms with Crippen LogP contribution in [0.25, 0.3) is 10.9 Å². The molecule has 0 bridgehead atoms. The fourth-order valence-electron chi connectivity index (χ4n) is 3.40. The van der Waals surface area contributed by atoms with Crippen molar-refractivity contribution >= 4 is 28.6 Å². The zero-order valence-electron chi connectivity index (χ0n) is 17.1. The molecular weight excluding hydrogens is 388 g/mol. The van der Waals surface area contributed by atoms with Gasteiger partial charge in [0, 0.05) is 10.3 Å². The summed E-state index contributed by atoms with van der Waals surface area (Å²) in [4.78, 5) is 19.1. The Balaban J connectivity index is 1.65. The fraction of sp³-hybridized carbons (Fsp3) is 0.154. The van der Waals surface area contributed by atoms with Gasteiger partial charge in [0.2, 0.25) is 0 Å². The van der Waals surface area contributed by atoms with Crippen LogP contribution >= 0.6 is 11.8 Å². The molecule has 1 atom stereocenters. The lowest BCUT2D eigenvalue weighted by molar-refractivity contribution is 0.0941. The Morgan fingerprint density at radius 1 is 0.967 bits per heavy atom. The number of carbonyl (C=O) groups excluding carboxylic acids is 1. The molecule has 4 heteroatoms. The average Bonchev–Trinajstić information content (AvgIpc) is 2.79. The maximum Gasteiger partial charge on any atom is 0.252 e. The first-order valence-electron chi connectivity index (χ1n) is 10.2. The van der Waals surface area contributed by atoms with Crippen LogP contribution in [0.2, 0.25) is 0 Å². The van der Waals surface area contributed by atoms with Gasteiger partial charge in [-0.15, -0.1) is 0 Å². The molecule has 0 unspecified atom stereocenters. The zero-order chi connectivity index (χ0) is 20.9. The van der Waals surface area contributed by atoms with Crippen LogP contribution in [0.15, 0.2) is 94.9 Å². The second kappa shape index (κ2) is 9.14. The Kier molecular flexibility index (Phi) is 6.15. The molecule has 0 aliphatic heterocycles. The van der Waals surface area contributed by atoms with E-state index >= 15 is 0 Å². The number of carbonyl (C=O) groups is 1. The molecule has 3 aromatic carbocycles. The van der Waals surface area contributed by atoms with Crippen LogP contribution in [-0.4, -0.2) is 10.9 Å². The van der Waals surface area contributed by atoms with Crippen LogP contribution in [-0.2, 0) is 6.42 Å². The highest BCUT2D eigenvalue weighted by atomic mass is 32.2. The van der Waals surface area contributed by atoms with E-state index in [2.05, 4.69) is 36.5 Å². The minimum atomic E-state index is -0.0897. The third-order valence-electron chi connectivity index (χ3n) is 5.14. The van der Waals surface area contributed by atoms with E-state index < -0.39 is 0 Å². The highest BCUT2D eigenvalue weighted by Crippen LogP contribution is 2.30. The number of aromatic nitrogens is 1. The van der Waals surface area contributed by atoms with Gasteiger partial charge in [0.25, 0.3) is 5.91 Å². The molecule has 0 saturated heterocycles.